The van der Waals surface area contributed by atoms with Gasteiger partial charge in [0.2, 0.25) is 15.9 Å². The van der Waals surface area contributed by atoms with Crippen molar-refractivity contribution < 1.29 is 17.6 Å². The third kappa shape index (κ3) is 5.53. The summed E-state index contributed by atoms with van der Waals surface area (Å²) < 4.78 is 39.3. The van der Waals surface area contributed by atoms with Crippen LogP contribution in [0.15, 0.2) is 53.4 Å². The molecule has 2 aromatic rings. The lowest BCUT2D eigenvalue weighted by molar-refractivity contribution is -0.128. The second-order valence-corrected chi connectivity index (χ2v) is 8.28. The van der Waals surface area contributed by atoms with Gasteiger partial charge in [-0.2, -0.15) is 4.31 Å². The fourth-order valence-electron chi connectivity index (χ4n) is 2.72. The Kier molecular flexibility index (Phi) is 7.53. The smallest absolute Gasteiger partial charge is 0.243 e. The van der Waals surface area contributed by atoms with Crippen LogP contribution in [-0.2, 0) is 21.4 Å². The molecule has 0 heterocycles. The van der Waals surface area contributed by atoms with Crippen molar-refractivity contribution in [1.29, 1.82) is 0 Å². The number of rotatable bonds is 9. The summed E-state index contributed by atoms with van der Waals surface area (Å²) in [5.41, 5.74) is 1.49. The number of amides is 1. The van der Waals surface area contributed by atoms with Gasteiger partial charge in [0.25, 0.3) is 0 Å². The standard InChI is InChI=1S/C20H26FN3O3S/c1-4-24(5-2)28(26,27)19-12-10-18(11-13-19)22-14-20(25)23(3)15-16-6-8-17(21)9-7-16/h6-13,22H,4-5,14-15H2,1-3H3. The third-order valence-electron chi connectivity index (χ3n) is 4.40. The van der Waals surface area contributed by atoms with Crippen LogP contribution in [0.4, 0.5) is 10.1 Å². The van der Waals surface area contributed by atoms with E-state index in [-0.39, 0.29) is 23.2 Å². The molecular formula is C20H26FN3O3S. The Balaban J connectivity index is 1.93. The van der Waals surface area contributed by atoms with Gasteiger partial charge < -0.3 is 10.2 Å². The zero-order valence-corrected chi connectivity index (χ0v) is 17.2. The van der Waals surface area contributed by atoms with Gasteiger partial charge in [-0.1, -0.05) is 26.0 Å². The fraction of sp³-hybridized carbons (Fsp3) is 0.350. The van der Waals surface area contributed by atoms with Gasteiger partial charge >= 0.3 is 0 Å². The van der Waals surface area contributed by atoms with E-state index in [2.05, 4.69) is 5.32 Å². The highest BCUT2D eigenvalue weighted by molar-refractivity contribution is 7.89. The van der Waals surface area contributed by atoms with E-state index in [4.69, 9.17) is 0 Å². The number of hydrogen-bond donors (Lipinski definition) is 1. The molecule has 0 aliphatic carbocycles. The van der Waals surface area contributed by atoms with E-state index in [0.717, 1.165) is 5.56 Å². The molecule has 0 aliphatic heterocycles. The summed E-state index contributed by atoms with van der Waals surface area (Å²) in [4.78, 5) is 14.0. The highest BCUT2D eigenvalue weighted by atomic mass is 32.2. The van der Waals surface area contributed by atoms with Crippen molar-refractivity contribution in [3.8, 4) is 0 Å². The molecule has 1 amide bonds. The van der Waals surface area contributed by atoms with Gasteiger partial charge in [-0.3, -0.25) is 4.79 Å². The molecule has 0 saturated carbocycles. The summed E-state index contributed by atoms with van der Waals surface area (Å²) in [6.07, 6.45) is 0. The highest BCUT2D eigenvalue weighted by Crippen LogP contribution is 2.18. The number of anilines is 1. The first-order valence-corrected chi connectivity index (χ1v) is 10.5. The van der Waals surface area contributed by atoms with E-state index in [1.54, 1.807) is 50.1 Å². The average molecular weight is 408 g/mol. The largest absolute Gasteiger partial charge is 0.376 e. The van der Waals surface area contributed by atoms with Crippen molar-refractivity contribution in [2.75, 3.05) is 32.0 Å². The number of nitrogens with one attached hydrogen (secondary N) is 1. The van der Waals surface area contributed by atoms with Gasteiger partial charge in [0.05, 0.1) is 11.4 Å². The predicted octanol–water partition coefficient (Wildman–Crippen LogP) is 2.93. The first-order chi connectivity index (χ1) is 13.3. The van der Waals surface area contributed by atoms with Gasteiger partial charge in [0, 0.05) is 32.4 Å². The summed E-state index contributed by atoms with van der Waals surface area (Å²) >= 11 is 0. The summed E-state index contributed by atoms with van der Waals surface area (Å²) in [7, 11) is -1.82. The fourth-order valence-corrected chi connectivity index (χ4v) is 4.18. The van der Waals surface area contributed by atoms with Crippen LogP contribution in [0.1, 0.15) is 19.4 Å². The Morgan fingerprint density at radius 3 is 2.11 bits per heavy atom. The van der Waals surface area contributed by atoms with Crippen molar-refractivity contribution in [2.24, 2.45) is 0 Å². The van der Waals surface area contributed by atoms with E-state index in [9.17, 15) is 17.6 Å². The molecule has 0 bridgehead atoms. The zero-order valence-electron chi connectivity index (χ0n) is 16.4. The lowest BCUT2D eigenvalue weighted by Gasteiger charge is -2.19. The Hall–Kier alpha value is -2.45. The van der Waals surface area contributed by atoms with Crippen LogP contribution in [0.3, 0.4) is 0 Å². The first-order valence-electron chi connectivity index (χ1n) is 9.10. The molecule has 0 fully saturated rings. The maximum atomic E-state index is 12.9. The molecule has 0 radical (unpaired) electrons. The number of benzene rings is 2. The lowest BCUT2D eigenvalue weighted by Crippen LogP contribution is -2.32. The highest BCUT2D eigenvalue weighted by Gasteiger charge is 2.21. The van der Waals surface area contributed by atoms with Crippen LogP contribution >= 0.6 is 0 Å². The molecule has 0 unspecified atom stereocenters. The quantitative estimate of drug-likeness (QED) is 0.694. The average Bonchev–Trinajstić information content (AvgIpc) is 2.69. The number of hydrogen-bond acceptors (Lipinski definition) is 4. The van der Waals surface area contributed by atoms with Gasteiger partial charge in [-0.05, 0) is 42.0 Å². The number of sulfonamides is 1. The molecular weight excluding hydrogens is 381 g/mol. The maximum absolute atomic E-state index is 12.9. The summed E-state index contributed by atoms with van der Waals surface area (Å²) in [5, 5.41) is 3.00. The molecule has 0 spiro atoms. The minimum absolute atomic E-state index is 0.0693. The third-order valence-corrected chi connectivity index (χ3v) is 6.46. The molecule has 2 aromatic carbocycles. The molecule has 152 valence electrons. The van der Waals surface area contributed by atoms with Crippen LogP contribution in [0, 0.1) is 5.82 Å². The Morgan fingerprint density at radius 1 is 1.00 bits per heavy atom. The van der Waals surface area contributed by atoms with Crippen LogP contribution in [0.25, 0.3) is 0 Å². The van der Waals surface area contributed by atoms with Crippen LogP contribution < -0.4 is 5.32 Å². The van der Waals surface area contributed by atoms with Crippen LogP contribution in [-0.4, -0.2) is 50.2 Å². The number of likely N-dealkylation sites (N-methyl/N-ethyl adjacent to an activating group) is 1. The molecule has 1 N–H and O–H groups in total. The second kappa shape index (κ2) is 9.66. The normalized spacial score (nSPS) is 11.5. The van der Waals surface area contributed by atoms with Gasteiger partial charge in [0.15, 0.2) is 0 Å². The van der Waals surface area contributed by atoms with Gasteiger partial charge in [0.1, 0.15) is 5.82 Å². The van der Waals surface area contributed by atoms with E-state index >= 15 is 0 Å². The predicted molar refractivity (Wildman–Crippen MR) is 108 cm³/mol. The van der Waals surface area contributed by atoms with E-state index in [1.165, 1.54) is 28.6 Å². The molecule has 8 heteroatoms. The topological polar surface area (TPSA) is 69.7 Å². The Labute approximate surface area is 166 Å². The van der Waals surface area contributed by atoms with E-state index < -0.39 is 10.0 Å². The van der Waals surface area contributed by atoms with Crippen molar-refractivity contribution in [2.45, 2.75) is 25.3 Å². The molecule has 0 atom stereocenters. The molecule has 28 heavy (non-hydrogen) atoms. The van der Waals surface area contributed by atoms with Crippen molar-refractivity contribution >= 4 is 21.6 Å². The number of carbonyl (C=O) groups is 1. The van der Waals surface area contributed by atoms with Crippen LogP contribution in [0.2, 0.25) is 0 Å². The molecule has 0 aliphatic rings. The van der Waals surface area contributed by atoms with E-state index in [1.807, 2.05) is 0 Å². The molecule has 0 aromatic heterocycles. The van der Waals surface area contributed by atoms with Gasteiger partial charge in [-0.25, -0.2) is 12.8 Å². The summed E-state index contributed by atoms with van der Waals surface area (Å²) in [5.74, 6) is -0.449. The number of halogens is 1. The van der Waals surface area contributed by atoms with Crippen molar-refractivity contribution in [3.63, 3.8) is 0 Å². The minimum atomic E-state index is -3.50. The Morgan fingerprint density at radius 2 is 1.57 bits per heavy atom. The minimum Gasteiger partial charge on any atom is -0.376 e. The summed E-state index contributed by atoms with van der Waals surface area (Å²) in [6, 6.07) is 12.3. The lowest BCUT2D eigenvalue weighted by atomic mass is 10.2. The molecule has 2 rings (SSSR count). The van der Waals surface area contributed by atoms with Crippen molar-refractivity contribution in [1.82, 2.24) is 9.21 Å². The molecule has 0 saturated heterocycles. The number of carbonyl (C=O) groups excluding carboxylic acids is 1. The summed E-state index contributed by atoms with van der Waals surface area (Å²) in [6.45, 7) is 4.86. The maximum Gasteiger partial charge on any atom is 0.243 e. The van der Waals surface area contributed by atoms with Crippen LogP contribution in [0.5, 0.6) is 0 Å². The van der Waals surface area contributed by atoms with Crippen molar-refractivity contribution in [3.05, 3.63) is 59.9 Å². The number of nitrogens with zero attached hydrogens (tertiary/aromatic N) is 2. The Bertz CT molecular complexity index is 880. The molecule has 6 nitrogen and oxygen atoms in total. The second-order valence-electron chi connectivity index (χ2n) is 6.34. The zero-order chi connectivity index (χ0) is 20.7. The monoisotopic (exact) mass is 407 g/mol. The first kappa shape index (κ1) is 21.8. The SMILES string of the molecule is CCN(CC)S(=O)(=O)c1ccc(NCC(=O)N(C)Cc2ccc(F)cc2)cc1. The van der Waals surface area contributed by atoms with Gasteiger partial charge in [-0.15, -0.1) is 0 Å². The van der Waals surface area contributed by atoms with E-state index in [0.29, 0.717) is 25.3 Å².